The van der Waals surface area contributed by atoms with Crippen LogP contribution in [0.2, 0.25) is 0 Å². The molecule has 1 N–H and O–H groups in total. The van der Waals surface area contributed by atoms with E-state index in [1.807, 2.05) is 0 Å². The summed E-state index contributed by atoms with van der Waals surface area (Å²) in [5.41, 5.74) is 0. The number of rotatable bonds is 4. The highest BCUT2D eigenvalue weighted by Crippen LogP contribution is 2.37. The third-order valence-corrected chi connectivity index (χ3v) is 4.63. The highest BCUT2D eigenvalue weighted by Gasteiger charge is 2.65. The van der Waals surface area contributed by atoms with Gasteiger partial charge in [0.05, 0.1) is 18.1 Å². The van der Waals surface area contributed by atoms with Gasteiger partial charge in [-0.25, -0.2) is 8.42 Å². The minimum absolute atomic E-state index is 0.0953. The van der Waals surface area contributed by atoms with E-state index in [1.54, 1.807) is 0 Å². The Bertz CT molecular complexity index is 475. The van der Waals surface area contributed by atoms with Crippen LogP contribution in [0.1, 0.15) is 6.42 Å². The van der Waals surface area contributed by atoms with Crippen molar-refractivity contribution < 1.29 is 40.3 Å². The van der Waals surface area contributed by atoms with Crippen LogP contribution in [-0.2, 0) is 14.6 Å². The maximum absolute atomic E-state index is 13.0. The molecule has 1 heterocycles. The number of amides is 1. The van der Waals surface area contributed by atoms with Crippen LogP contribution in [0.5, 0.6) is 0 Å². The molecule has 0 aromatic rings. The highest BCUT2D eigenvalue weighted by atomic mass is 32.2. The Morgan fingerprint density at radius 3 is 2.15 bits per heavy atom. The molecule has 118 valence electrons. The van der Waals surface area contributed by atoms with Crippen molar-refractivity contribution in [3.63, 3.8) is 0 Å². The number of hydrogen-bond donors (Lipinski definition) is 1. The lowest BCUT2D eigenvalue weighted by Gasteiger charge is -2.31. The molecule has 0 aliphatic carbocycles. The first-order chi connectivity index (χ1) is 8.92. The predicted molar refractivity (Wildman–Crippen MR) is 56.9 cm³/mol. The average molecular weight is 325 g/mol. The van der Waals surface area contributed by atoms with Gasteiger partial charge in [0, 0.05) is 12.6 Å². The summed E-state index contributed by atoms with van der Waals surface area (Å²) in [7, 11) is -3.57. The van der Waals surface area contributed by atoms with E-state index in [2.05, 4.69) is 0 Å². The van der Waals surface area contributed by atoms with E-state index in [0.717, 1.165) is 0 Å². The van der Waals surface area contributed by atoms with Crippen LogP contribution in [0.15, 0.2) is 0 Å². The maximum Gasteiger partial charge on any atom is 0.463 e. The Morgan fingerprint density at radius 1 is 1.25 bits per heavy atom. The number of carbonyl (C=O) groups excluding carboxylic acids is 1. The quantitative estimate of drug-likeness (QED) is 0.749. The van der Waals surface area contributed by atoms with Crippen LogP contribution < -0.4 is 0 Å². The zero-order chi connectivity index (χ0) is 15.8. The van der Waals surface area contributed by atoms with Crippen LogP contribution in [0.3, 0.4) is 0 Å². The zero-order valence-corrected chi connectivity index (χ0v) is 10.8. The molecule has 1 atom stereocenters. The summed E-state index contributed by atoms with van der Waals surface area (Å²) in [5, 5.41) is 8.68. The van der Waals surface area contributed by atoms with Crippen molar-refractivity contribution in [3.05, 3.63) is 0 Å². The van der Waals surface area contributed by atoms with Gasteiger partial charge in [-0.05, 0) is 6.42 Å². The maximum atomic E-state index is 13.0. The molecule has 1 saturated heterocycles. The van der Waals surface area contributed by atoms with Crippen LogP contribution in [0.25, 0.3) is 0 Å². The fourth-order valence-corrected chi connectivity index (χ4v) is 3.61. The number of nitrogens with zero attached hydrogens (tertiary/aromatic N) is 1. The minimum Gasteiger partial charge on any atom is -0.395 e. The normalized spacial score (nSPS) is 22.8. The molecule has 1 rings (SSSR count). The fourth-order valence-electron chi connectivity index (χ4n) is 1.88. The molecule has 1 amide bonds. The summed E-state index contributed by atoms with van der Waals surface area (Å²) in [4.78, 5) is 11.4. The van der Waals surface area contributed by atoms with Gasteiger partial charge in [0.1, 0.15) is 0 Å². The van der Waals surface area contributed by atoms with Crippen LogP contribution in [0.4, 0.5) is 22.0 Å². The average Bonchev–Trinajstić information content (AvgIpc) is 2.64. The highest BCUT2D eigenvalue weighted by molar-refractivity contribution is 7.91. The van der Waals surface area contributed by atoms with Crippen molar-refractivity contribution in [2.24, 2.45) is 0 Å². The topological polar surface area (TPSA) is 74.7 Å². The molecule has 5 nitrogen and oxygen atoms in total. The third-order valence-electron chi connectivity index (χ3n) is 2.88. The summed E-state index contributed by atoms with van der Waals surface area (Å²) in [5.74, 6) is -9.24. The van der Waals surface area contributed by atoms with Gasteiger partial charge in [0.2, 0.25) is 0 Å². The van der Waals surface area contributed by atoms with Gasteiger partial charge < -0.3 is 10.0 Å². The van der Waals surface area contributed by atoms with Gasteiger partial charge in [0.15, 0.2) is 9.84 Å². The summed E-state index contributed by atoms with van der Waals surface area (Å²) in [6.45, 7) is -1.64. The summed E-state index contributed by atoms with van der Waals surface area (Å²) in [6, 6.07) is -1.28. The smallest absolute Gasteiger partial charge is 0.395 e. The SMILES string of the molecule is O=C(N(CCO)C1CCS(=O)(=O)C1)C(F)(F)C(F)(F)F. The molecule has 1 unspecified atom stereocenters. The standard InChI is InChI=1S/C9H12F5NO4S/c10-8(11,9(12,13)14)7(17)15(2-3-16)6-1-4-20(18,19)5-6/h6,16H,1-5H2. The Morgan fingerprint density at radius 2 is 1.80 bits per heavy atom. The van der Waals surface area contributed by atoms with Crippen LogP contribution in [-0.4, -0.2) is 67.1 Å². The van der Waals surface area contributed by atoms with Gasteiger partial charge in [0.25, 0.3) is 0 Å². The van der Waals surface area contributed by atoms with E-state index >= 15 is 0 Å². The van der Waals surface area contributed by atoms with Crippen LogP contribution in [0, 0.1) is 0 Å². The molecule has 0 saturated carbocycles. The lowest BCUT2D eigenvalue weighted by Crippen LogP contribution is -2.56. The molecule has 0 radical (unpaired) electrons. The Balaban J connectivity index is 3.00. The predicted octanol–water partition coefficient (Wildman–Crippen LogP) is 0.192. The van der Waals surface area contributed by atoms with E-state index in [0.29, 0.717) is 0 Å². The molecule has 0 bridgehead atoms. The molecular formula is C9H12F5NO4S. The second kappa shape index (κ2) is 5.43. The first kappa shape index (κ1) is 17.1. The van der Waals surface area contributed by atoms with Crippen molar-refractivity contribution in [2.75, 3.05) is 24.7 Å². The van der Waals surface area contributed by atoms with Gasteiger partial charge in [-0.15, -0.1) is 0 Å². The van der Waals surface area contributed by atoms with E-state index in [4.69, 9.17) is 5.11 Å². The van der Waals surface area contributed by atoms with Crippen molar-refractivity contribution in [1.82, 2.24) is 4.90 Å². The molecule has 0 aromatic carbocycles. The van der Waals surface area contributed by atoms with Crippen molar-refractivity contribution in [3.8, 4) is 0 Å². The van der Waals surface area contributed by atoms with Gasteiger partial charge in [-0.2, -0.15) is 22.0 Å². The molecule has 0 spiro atoms. The zero-order valence-electron chi connectivity index (χ0n) is 10.0. The monoisotopic (exact) mass is 325 g/mol. The van der Waals surface area contributed by atoms with E-state index in [-0.39, 0.29) is 11.3 Å². The summed E-state index contributed by atoms with van der Waals surface area (Å²) >= 11 is 0. The van der Waals surface area contributed by atoms with Crippen molar-refractivity contribution in [1.29, 1.82) is 0 Å². The largest absolute Gasteiger partial charge is 0.463 e. The number of carbonyl (C=O) groups is 1. The number of hydrogen-bond acceptors (Lipinski definition) is 4. The molecule has 1 aliphatic rings. The Kier molecular flexibility index (Phi) is 4.64. The lowest BCUT2D eigenvalue weighted by atomic mass is 10.1. The molecule has 11 heteroatoms. The number of aliphatic hydroxyl groups is 1. The molecule has 0 aromatic heterocycles. The lowest BCUT2D eigenvalue weighted by molar-refractivity contribution is -0.275. The third kappa shape index (κ3) is 3.37. The second-order valence-electron chi connectivity index (χ2n) is 4.35. The molecule has 20 heavy (non-hydrogen) atoms. The number of halogens is 5. The van der Waals surface area contributed by atoms with E-state index in [9.17, 15) is 35.2 Å². The van der Waals surface area contributed by atoms with E-state index < -0.39 is 58.5 Å². The minimum atomic E-state index is -6.07. The second-order valence-corrected chi connectivity index (χ2v) is 6.58. The molecular weight excluding hydrogens is 313 g/mol. The van der Waals surface area contributed by atoms with Gasteiger partial charge >= 0.3 is 18.0 Å². The summed E-state index contributed by atoms with van der Waals surface area (Å²) in [6.07, 6.45) is -6.31. The van der Waals surface area contributed by atoms with Crippen molar-refractivity contribution >= 4 is 15.7 Å². The number of aliphatic hydroxyl groups excluding tert-OH is 1. The van der Waals surface area contributed by atoms with E-state index in [1.165, 1.54) is 0 Å². The fraction of sp³-hybridized carbons (Fsp3) is 0.889. The molecule has 1 fully saturated rings. The Hall–Kier alpha value is -0.970. The number of sulfone groups is 1. The summed E-state index contributed by atoms with van der Waals surface area (Å²) < 4.78 is 84.8. The first-order valence-corrected chi connectivity index (χ1v) is 7.31. The first-order valence-electron chi connectivity index (χ1n) is 5.49. The van der Waals surface area contributed by atoms with Gasteiger partial charge in [-0.1, -0.05) is 0 Å². The van der Waals surface area contributed by atoms with Crippen molar-refractivity contribution in [2.45, 2.75) is 24.6 Å². The van der Waals surface area contributed by atoms with Crippen LogP contribution >= 0.6 is 0 Å². The number of alkyl halides is 5. The molecule has 1 aliphatic heterocycles. The Labute approximate surface area is 111 Å². The van der Waals surface area contributed by atoms with Gasteiger partial charge in [-0.3, -0.25) is 4.79 Å².